The van der Waals surface area contributed by atoms with Gasteiger partial charge in [0.25, 0.3) is 5.91 Å². The van der Waals surface area contributed by atoms with E-state index in [2.05, 4.69) is 10.3 Å². The lowest BCUT2D eigenvalue weighted by Gasteiger charge is -2.13. The zero-order valence-electron chi connectivity index (χ0n) is 14.2. The van der Waals surface area contributed by atoms with Gasteiger partial charge in [-0.05, 0) is 31.2 Å². The molecule has 3 aromatic rings. The Hall–Kier alpha value is -2.77. The fourth-order valence-corrected chi connectivity index (χ4v) is 3.16. The van der Waals surface area contributed by atoms with Gasteiger partial charge in [0.15, 0.2) is 6.10 Å². The number of para-hydroxylation sites is 2. The van der Waals surface area contributed by atoms with E-state index in [1.54, 1.807) is 12.1 Å². The first-order valence-corrected chi connectivity index (χ1v) is 8.91. The van der Waals surface area contributed by atoms with Crippen LogP contribution in [0.5, 0.6) is 0 Å². The van der Waals surface area contributed by atoms with Gasteiger partial charge < -0.3 is 14.8 Å². The van der Waals surface area contributed by atoms with Crippen molar-refractivity contribution in [3.05, 3.63) is 59.6 Å². The molecule has 1 N–H and O–H groups in total. The average molecular weight is 370 g/mol. The van der Waals surface area contributed by atoms with Crippen molar-refractivity contribution in [2.24, 2.45) is 0 Å². The summed E-state index contributed by atoms with van der Waals surface area (Å²) in [6, 6.07) is 16.8. The molecule has 0 radical (unpaired) electrons. The first kappa shape index (κ1) is 18.0. The van der Waals surface area contributed by atoms with Crippen molar-refractivity contribution in [2.75, 3.05) is 11.9 Å². The SMILES string of the molecule is C[C@@H](OC(=O)COCc1nc2ccccc2s1)C(=O)Nc1ccccc1. The molecule has 0 saturated heterocycles. The Bertz CT molecular complexity index is 862. The van der Waals surface area contributed by atoms with Crippen LogP contribution in [0.2, 0.25) is 0 Å². The summed E-state index contributed by atoms with van der Waals surface area (Å²) in [6.45, 7) is 1.50. The van der Waals surface area contributed by atoms with Crippen LogP contribution in [0, 0.1) is 0 Å². The number of rotatable bonds is 7. The molecule has 1 aromatic heterocycles. The smallest absolute Gasteiger partial charge is 0.332 e. The highest BCUT2D eigenvalue weighted by Crippen LogP contribution is 2.21. The van der Waals surface area contributed by atoms with Gasteiger partial charge >= 0.3 is 5.97 Å². The van der Waals surface area contributed by atoms with Gasteiger partial charge in [-0.1, -0.05) is 30.3 Å². The molecule has 2 aromatic carbocycles. The van der Waals surface area contributed by atoms with Gasteiger partial charge in [0, 0.05) is 5.69 Å². The van der Waals surface area contributed by atoms with Crippen LogP contribution in [0.25, 0.3) is 10.2 Å². The number of carbonyl (C=O) groups is 2. The molecule has 0 aliphatic heterocycles. The molecule has 0 unspecified atom stereocenters. The van der Waals surface area contributed by atoms with Crippen molar-refractivity contribution in [1.29, 1.82) is 0 Å². The fourth-order valence-electron chi connectivity index (χ4n) is 2.25. The number of amides is 1. The maximum absolute atomic E-state index is 12.0. The van der Waals surface area contributed by atoms with Gasteiger partial charge in [-0.2, -0.15) is 0 Å². The van der Waals surface area contributed by atoms with E-state index in [-0.39, 0.29) is 13.2 Å². The molecular weight excluding hydrogens is 352 g/mol. The topological polar surface area (TPSA) is 77.5 Å². The maximum atomic E-state index is 12.0. The summed E-state index contributed by atoms with van der Waals surface area (Å²) >= 11 is 1.52. The predicted octanol–water partition coefficient (Wildman–Crippen LogP) is 3.38. The second kappa shape index (κ2) is 8.55. The molecule has 1 atom stereocenters. The standard InChI is InChI=1S/C19H18N2O4S/c1-13(19(23)20-14-7-3-2-4-8-14)25-18(22)12-24-11-17-21-15-9-5-6-10-16(15)26-17/h2-10,13H,11-12H2,1H3,(H,20,23)/t13-/m1/s1. The number of anilines is 1. The number of ether oxygens (including phenoxy) is 2. The molecule has 0 bridgehead atoms. The lowest BCUT2D eigenvalue weighted by atomic mass is 10.3. The third kappa shape index (κ3) is 4.87. The van der Waals surface area contributed by atoms with Crippen molar-refractivity contribution in [2.45, 2.75) is 19.6 Å². The largest absolute Gasteiger partial charge is 0.451 e. The van der Waals surface area contributed by atoms with Crippen LogP contribution >= 0.6 is 11.3 Å². The van der Waals surface area contributed by atoms with Crippen molar-refractivity contribution >= 4 is 39.1 Å². The van der Waals surface area contributed by atoms with Crippen LogP contribution in [-0.4, -0.2) is 29.6 Å². The quantitative estimate of drug-likeness (QED) is 0.645. The summed E-state index contributed by atoms with van der Waals surface area (Å²) in [5, 5.41) is 3.46. The van der Waals surface area contributed by atoms with Crippen LogP contribution in [0.15, 0.2) is 54.6 Å². The number of nitrogens with zero attached hydrogens (tertiary/aromatic N) is 1. The van der Waals surface area contributed by atoms with Crippen LogP contribution in [-0.2, 0) is 25.7 Å². The Morgan fingerprint density at radius 2 is 1.85 bits per heavy atom. The minimum atomic E-state index is -0.909. The zero-order chi connectivity index (χ0) is 18.4. The van der Waals surface area contributed by atoms with E-state index in [0.717, 1.165) is 15.2 Å². The first-order valence-electron chi connectivity index (χ1n) is 8.09. The predicted molar refractivity (Wildman–Crippen MR) is 99.9 cm³/mol. The van der Waals surface area contributed by atoms with Crippen molar-refractivity contribution < 1.29 is 19.1 Å². The molecule has 1 amide bonds. The number of fused-ring (bicyclic) bond motifs is 1. The second-order valence-electron chi connectivity index (χ2n) is 5.56. The Morgan fingerprint density at radius 1 is 1.12 bits per heavy atom. The van der Waals surface area contributed by atoms with E-state index in [1.807, 2.05) is 42.5 Å². The average Bonchev–Trinajstić information content (AvgIpc) is 3.05. The summed E-state index contributed by atoms with van der Waals surface area (Å²) in [7, 11) is 0. The van der Waals surface area contributed by atoms with Crippen molar-refractivity contribution in [3.63, 3.8) is 0 Å². The zero-order valence-corrected chi connectivity index (χ0v) is 15.0. The molecule has 0 saturated carbocycles. The molecule has 6 nitrogen and oxygen atoms in total. The molecule has 3 rings (SSSR count). The number of benzene rings is 2. The number of esters is 1. The maximum Gasteiger partial charge on any atom is 0.332 e. The highest BCUT2D eigenvalue weighted by Gasteiger charge is 2.18. The van der Waals surface area contributed by atoms with Crippen LogP contribution < -0.4 is 5.32 Å². The van der Waals surface area contributed by atoms with E-state index >= 15 is 0 Å². The second-order valence-corrected chi connectivity index (χ2v) is 6.67. The summed E-state index contributed by atoms with van der Waals surface area (Å²) in [6.07, 6.45) is -0.909. The third-order valence-corrected chi connectivity index (χ3v) is 4.51. The van der Waals surface area contributed by atoms with E-state index < -0.39 is 18.0 Å². The van der Waals surface area contributed by atoms with E-state index in [9.17, 15) is 9.59 Å². The van der Waals surface area contributed by atoms with Gasteiger partial charge in [0.1, 0.15) is 11.6 Å². The number of thiazole rings is 1. The van der Waals surface area contributed by atoms with Crippen LogP contribution in [0.3, 0.4) is 0 Å². The Morgan fingerprint density at radius 3 is 2.62 bits per heavy atom. The highest BCUT2D eigenvalue weighted by atomic mass is 32.1. The Labute approximate surface area is 154 Å². The molecule has 0 fully saturated rings. The summed E-state index contributed by atoms with van der Waals surface area (Å²) < 4.78 is 11.5. The molecule has 7 heteroatoms. The minimum absolute atomic E-state index is 0.221. The number of aromatic nitrogens is 1. The number of hydrogen-bond donors (Lipinski definition) is 1. The van der Waals surface area contributed by atoms with Crippen LogP contribution in [0.4, 0.5) is 5.69 Å². The number of hydrogen-bond acceptors (Lipinski definition) is 6. The van der Waals surface area contributed by atoms with Gasteiger partial charge in [-0.15, -0.1) is 11.3 Å². The monoisotopic (exact) mass is 370 g/mol. The van der Waals surface area contributed by atoms with Gasteiger partial charge in [-0.25, -0.2) is 9.78 Å². The summed E-state index contributed by atoms with van der Waals surface area (Å²) in [4.78, 5) is 28.3. The highest BCUT2D eigenvalue weighted by molar-refractivity contribution is 7.18. The third-order valence-electron chi connectivity index (χ3n) is 3.50. The van der Waals surface area contributed by atoms with Crippen LogP contribution in [0.1, 0.15) is 11.9 Å². The molecule has 134 valence electrons. The van der Waals surface area contributed by atoms with Gasteiger partial charge in [0.05, 0.1) is 16.8 Å². The molecule has 0 aliphatic rings. The lowest BCUT2D eigenvalue weighted by Crippen LogP contribution is -2.31. The van der Waals surface area contributed by atoms with Gasteiger partial charge in [-0.3, -0.25) is 4.79 Å². The van der Waals surface area contributed by atoms with Crippen molar-refractivity contribution in [3.8, 4) is 0 Å². The fraction of sp³-hybridized carbons (Fsp3) is 0.211. The molecule has 0 aliphatic carbocycles. The molecule has 26 heavy (non-hydrogen) atoms. The van der Waals surface area contributed by atoms with E-state index in [1.165, 1.54) is 18.3 Å². The number of carbonyl (C=O) groups excluding carboxylic acids is 2. The first-order chi connectivity index (χ1) is 12.6. The van der Waals surface area contributed by atoms with Crippen molar-refractivity contribution in [1.82, 2.24) is 4.98 Å². The molecule has 0 spiro atoms. The number of nitrogens with one attached hydrogen (secondary N) is 1. The normalized spacial score (nSPS) is 11.9. The molecular formula is C19H18N2O4S. The summed E-state index contributed by atoms with van der Waals surface area (Å²) in [5.74, 6) is -0.988. The van der Waals surface area contributed by atoms with E-state index in [4.69, 9.17) is 9.47 Å². The van der Waals surface area contributed by atoms with E-state index in [0.29, 0.717) is 5.69 Å². The lowest BCUT2D eigenvalue weighted by molar-refractivity contribution is -0.157. The minimum Gasteiger partial charge on any atom is -0.451 e. The Balaban J connectivity index is 1.42. The molecule has 1 heterocycles. The van der Waals surface area contributed by atoms with Gasteiger partial charge in [0.2, 0.25) is 0 Å². The summed E-state index contributed by atoms with van der Waals surface area (Å²) in [5.41, 5.74) is 1.55. The Kier molecular flexibility index (Phi) is 5.93.